The molecule has 1 amide bonds. The lowest BCUT2D eigenvalue weighted by atomic mass is 10.1. The molecule has 8 heteroatoms. The van der Waals surface area contributed by atoms with Crippen LogP contribution in [0.5, 0.6) is 0 Å². The van der Waals surface area contributed by atoms with Gasteiger partial charge in [0, 0.05) is 40.8 Å². The second kappa shape index (κ2) is 7.13. The zero-order valence-corrected chi connectivity index (χ0v) is 14.4. The van der Waals surface area contributed by atoms with E-state index in [0.717, 1.165) is 22.5 Å². The molecule has 0 spiro atoms. The average molecular weight is 378 g/mol. The largest absolute Gasteiger partial charge is 0.361 e. The van der Waals surface area contributed by atoms with Crippen molar-refractivity contribution in [3.63, 3.8) is 0 Å². The first-order chi connectivity index (χ1) is 12.0. The molecule has 0 aliphatic heterocycles. The number of aromatic amines is 1. The number of aromatic nitrogens is 1. The van der Waals surface area contributed by atoms with Gasteiger partial charge in [-0.15, -0.1) is 0 Å². The number of rotatable bonds is 5. The van der Waals surface area contributed by atoms with Gasteiger partial charge in [-0.05, 0) is 36.2 Å². The number of nitrogens with one attached hydrogen (secondary N) is 2. The number of H-pyrrole nitrogens is 1. The number of nitro benzene ring substituents is 1. The smallest absolute Gasteiger partial charge is 0.270 e. The summed E-state index contributed by atoms with van der Waals surface area (Å²) in [6.45, 7) is 0.394. The minimum atomic E-state index is -0.560. The van der Waals surface area contributed by atoms with Crippen LogP contribution < -0.4 is 5.32 Å². The molecule has 0 saturated carbocycles. The summed E-state index contributed by atoms with van der Waals surface area (Å²) >= 11 is 12.0. The van der Waals surface area contributed by atoms with Crippen molar-refractivity contribution in [1.29, 1.82) is 0 Å². The number of non-ortho nitro benzene ring substituents is 1. The number of nitro groups is 1. The Kier molecular flexibility index (Phi) is 4.92. The number of hydrogen-bond donors (Lipinski definition) is 2. The van der Waals surface area contributed by atoms with E-state index in [1.807, 2.05) is 24.4 Å². The molecule has 1 heterocycles. The molecule has 6 nitrogen and oxygen atoms in total. The maximum atomic E-state index is 12.2. The van der Waals surface area contributed by atoms with Crippen LogP contribution in [-0.4, -0.2) is 22.4 Å². The minimum absolute atomic E-state index is 0.0468. The van der Waals surface area contributed by atoms with E-state index in [4.69, 9.17) is 23.2 Å². The molecular weight excluding hydrogens is 365 g/mol. The Hall–Kier alpha value is -2.57. The third kappa shape index (κ3) is 3.75. The predicted molar refractivity (Wildman–Crippen MR) is 97.5 cm³/mol. The zero-order valence-electron chi connectivity index (χ0n) is 12.9. The Morgan fingerprint density at radius 1 is 1.20 bits per heavy atom. The van der Waals surface area contributed by atoms with Gasteiger partial charge in [-0.2, -0.15) is 0 Å². The third-order valence-electron chi connectivity index (χ3n) is 3.82. The van der Waals surface area contributed by atoms with Crippen molar-refractivity contribution in [3.05, 3.63) is 73.9 Å². The number of nitrogens with zero attached hydrogens (tertiary/aromatic N) is 1. The summed E-state index contributed by atoms with van der Waals surface area (Å²) in [5.74, 6) is -0.377. The SMILES string of the molecule is O=C(NCCc1c[nH]c2ccc(Cl)cc12)c1ccc([N+](=O)[O-])cc1Cl. The van der Waals surface area contributed by atoms with Gasteiger partial charge < -0.3 is 10.3 Å². The molecule has 25 heavy (non-hydrogen) atoms. The van der Waals surface area contributed by atoms with Gasteiger partial charge >= 0.3 is 0 Å². The number of fused-ring (bicyclic) bond motifs is 1. The van der Waals surface area contributed by atoms with Crippen LogP contribution in [0.2, 0.25) is 10.0 Å². The van der Waals surface area contributed by atoms with Crippen LogP contribution in [-0.2, 0) is 6.42 Å². The molecule has 128 valence electrons. The molecule has 2 aromatic carbocycles. The monoisotopic (exact) mass is 377 g/mol. The van der Waals surface area contributed by atoms with Crippen molar-refractivity contribution >= 4 is 45.7 Å². The van der Waals surface area contributed by atoms with E-state index in [1.165, 1.54) is 12.1 Å². The Labute approximate surface area is 152 Å². The fraction of sp³-hybridized carbons (Fsp3) is 0.118. The van der Waals surface area contributed by atoms with Crippen molar-refractivity contribution in [2.75, 3.05) is 6.54 Å². The van der Waals surface area contributed by atoms with Gasteiger partial charge in [0.2, 0.25) is 0 Å². The summed E-state index contributed by atoms with van der Waals surface area (Å²) in [5.41, 5.74) is 2.06. The van der Waals surface area contributed by atoms with Gasteiger partial charge in [0.15, 0.2) is 0 Å². The lowest BCUT2D eigenvalue weighted by Crippen LogP contribution is -2.25. The Balaban J connectivity index is 1.66. The van der Waals surface area contributed by atoms with Gasteiger partial charge in [0.05, 0.1) is 15.5 Å². The molecule has 0 aliphatic carbocycles. The van der Waals surface area contributed by atoms with Crippen LogP contribution >= 0.6 is 23.2 Å². The minimum Gasteiger partial charge on any atom is -0.361 e. The Morgan fingerprint density at radius 2 is 2.00 bits per heavy atom. The fourth-order valence-electron chi connectivity index (χ4n) is 2.57. The second-order valence-electron chi connectivity index (χ2n) is 5.43. The van der Waals surface area contributed by atoms with Crippen molar-refractivity contribution < 1.29 is 9.72 Å². The van der Waals surface area contributed by atoms with Crippen LogP contribution in [0.25, 0.3) is 10.9 Å². The molecule has 3 rings (SSSR count). The standard InChI is InChI=1S/C17H13Cl2N3O3/c18-11-1-4-16-14(7-11)10(9-21-16)5-6-20-17(23)13-3-2-12(22(24)25)8-15(13)19/h1-4,7-9,21H,5-6H2,(H,20,23). The molecule has 0 saturated heterocycles. The van der Waals surface area contributed by atoms with E-state index >= 15 is 0 Å². The van der Waals surface area contributed by atoms with Gasteiger partial charge in [-0.1, -0.05) is 23.2 Å². The molecule has 0 atom stereocenters. The number of benzene rings is 2. The van der Waals surface area contributed by atoms with Crippen LogP contribution in [0.4, 0.5) is 5.69 Å². The summed E-state index contributed by atoms with van der Waals surface area (Å²) in [4.78, 5) is 25.5. The molecule has 3 aromatic rings. The summed E-state index contributed by atoms with van der Waals surface area (Å²) in [7, 11) is 0. The van der Waals surface area contributed by atoms with E-state index in [0.29, 0.717) is 18.0 Å². The molecular formula is C17H13Cl2N3O3. The van der Waals surface area contributed by atoms with E-state index in [9.17, 15) is 14.9 Å². The van der Waals surface area contributed by atoms with E-state index in [1.54, 1.807) is 0 Å². The summed E-state index contributed by atoms with van der Waals surface area (Å²) in [5, 5.41) is 15.2. The zero-order chi connectivity index (χ0) is 18.0. The number of carbonyl (C=O) groups excluding carboxylic acids is 1. The van der Waals surface area contributed by atoms with Crippen LogP contribution in [0.3, 0.4) is 0 Å². The first-order valence-corrected chi connectivity index (χ1v) is 8.19. The second-order valence-corrected chi connectivity index (χ2v) is 6.27. The molecule has 0 aliphatic rings. The molecule has 0 fully saturated rings. The third-order valence-corrected chi connectivity index (χ3v) is 4.37. The molecule has 0 radical (unpaired) electrons. The molecule has 0 bridgehead atoms. The first kappa shape index (κ1) is 17.3. The van der Waals surface area contributed by atoms with E-state index < -0.39 is 4.92 Å². The van der Waals surface area contributed by atoms with Crippen molar-refractivity contribution in [2.45, 2.75) is 6.42 Å². The average Bonchev–Trinajstić information content (AvgIpc) is 2.96. The quantitative estimate of drug-likeness (QED) is 0.511. The molecule has 2 N–H and O–H groups in total. The summed E-state index contributed by atoms with van der Waals surface area (Å²) in [6, 6.07) is 9.35. The lowest BCUT2D eigenvalue weighted by molar-refractivity contribution is -0.384. The Morgan fingerprint density at radius 3 is 2.72 bits per heavy atom. The summed E-state index contributed by atoms with van der Waals surface area (Å²) in [6.07, 6.45) is 2.49. The predicted octanol–water partition coefficient (Wildman–Crippen LogP) is 4.36. The maximum Gasteiger partial charge on any atom is 0.270 e. The first-order valence-electron chi connectivity index (χ1n) is 7.43. The lowest BCUT2D eigenvalue weighted by Gasteiger charge is -2.06. The highest BCUT2D eigenvalue weighted by Gasteiger charge is 2.14. The summed E-state index contributed by atoms with van der Waals surface area (Å²) < 4.78 is 0. The van der Waals surface area contributed by atoms with E-state index in [-0.39, 0.29) is 22.2 Å². The van der Waals surface area contributed by atoms with Crippen molar-refractivity contribution in [2.24, 2.45) is 0 Å². The number of carbonyl (C=O) groups is 1. The van der Waals surface area contributed by atoms with E-state index in [2.05, 4.69) is 10.3 Å². The topological polar surface area (TPSA) is 88.0 Å². The van der Waals surface area contributed by atoms with Gasteiger partial charge in [0.1, 0.15) is 0 Å². The highest BCUT2D eigenvalue weighted by atomic mass is 35.5. The van der Waals surface area contributed by atoms with Crippen molar-refractivity contribution in [1.82, 2.24) is 10.3 Å². The molecule has 0 unspecified atom stereocenters. The fourth-order valence-corrected chi connectivity index (χ4v) is 3.00. The Bertz CT molecular complexity index is 969. The highest BCUT2D eigenvalue weighted by molar-refractivity contribution is 6.34. The number of amides is 1. The van der Waals surface area contributed by atoms with Gasteiger partial charge in [-0.3, -0.25) is 14.9 Å². The van der Waals surface area contributed by atoms with Crippen LogP contribution in [0, 0.1) is 10.1 Å². The van der Waals surface area contributed by atoms with Gasteiger partial charge in [0.25, 0.3) is 11.6 Å². The van der Waals surface area contributed by atoms with Crippen LogP contribution in [0.1, 0.15) is 15.9 Å². The maximum absolute atomic E-state index is 12.2. The van der Waals surface area contributed by atoms with Crippen molar-refractivity contribution in [3.8, 4) is 0 Å². The number of hydrogen-bond acceptors (Lipinski definition) is 3. The van der Waals surface area contributed by atoms with Crippen LogP contribution in [0.15, 0.2) is 42.6 Å². The number of halogens is 2. The normalized spacial score (nSPS) is 10.8. The molecule has 1 aromatic heterocycles. The highest BCUT2D eigenvalue weighted by Crippen LogP contribution is 2.24. The van der Waals surface area contributed by atoms with Gasteiger partial charge in [-0.25, -0.2) is 0 Å².